The second kappa shape index (κ2) is 3.31. The van der Waals surface area contributed by atoms with Gasteiger partial charge in [0.2, 0.25) is 0 Å². The molecule has 0 amide bonds. The van der Waals surface area contributed by atoms with E-state index in [1.807, 2.05) is 0 Å². The van der Waals surface area contributed by atoms with Crippen molar-refractivity contribution in [1.82, 2.24) is 0 Å². The predicted octanol–water partition coefficient (Wildman–Crippen LogP) is -0.904. The second-order valence-electron chi connectivity index (χ2n) is 1.13. The van der Waals surface area contributed by atoms with E-state index in [0.29, 0.717) is 0 Å². The zero-order valence-corrected chi connectivity index (χ0v) is 5.70. The van der Waals surface area contributed by atoms with E-state index in [1.54, 1.807) is 0 Å². The summed E-state index contributed by atoms with van der Waals surface area (Å²) in [5.74, 6) is 0.0127. The molecule has 4 nitrogen and oxygen atoms in total. The van der Waals surface area contributed by atoms with E-state index in [-0.39, 0.29) is 12.3 Å². The Morgan fingerprint density at radius 3 is 2.50 bits per heavy atom. The van der Waals surface area contributed by atoms with Crippen LogP contribution in [-0.2, 0) is 24.3 Å². The number of hydrogen-bond acceptors (Lipinski definition) is 5. The van der Waals surface area contributed by atoms with Crippen molar-refractivity contribution >= 4 is 20.0 Å². The van der Waals surface area contributed by atoms with Crippen LogP contribution in [0.5, 0.6) is 0 Å². The molecule has 0 aromatic carbocycles. The minimum absolute atomic E-state index is 0.0127. The quantitative estimate of drug-likeness (QED) is 0.410. The van der Waals surface area contributed by atoms with Gasteiger partial charge >= 0.3 is 0 Å². The van der Waals surface area contributed by atoms with E-state index in [2.05, 4.69) is 15.5 Å². The topological polar surface area (TPSA) is 72.6 Å². The Balaban J connectivity index is 3.76. The van der Waals surface area contributed by atoms with Crippen LogP contribution in [0, 0.1) is 0 Å². The van der Waals surface area contributed by atoms with E-state index in [0.717, 1.165) is 0 Å². The van der Waals surface area contributed by atoms with Gasteiger partial charge in [-0.3, -0.25) is 0 Å². The molecule has 3 N–H and O–H groups in total. The fourth-order valence-electron chi connectivity index (χ4n) is 0.182. The Hall–Kier alpha value is 0.250. The lowest BCUT2D eigenvalue weighted by Gasteiger charge is -1.96. The molecular formula is C2H7NO3S2. The molecule has 0 aliphatic rings. The van der Waals surface area contributed by atoms with Crippen molar-refractivity contribution < 1.29 is 13.8 Å². The monoisotopic (exact) mass is 157 g/mol. The fraction of sp³-hybridized carbons (Fsp3) is 1.00. The Morgan fingerprint density at radius 2 is 2.38 bits per heavy atom. The maximum atomic E-state index is 10.4. The van der Waals surface area contributed by atoms with Crippen LogP contribution >= 0.6 is 0 Å². The summed E-state index contributed by atoms with van der Waals surface area (Å²) in [6.07, 6.45) is 0. The average Bonchev–Trinajstić information content (AvgIpc) is 1.67. The summed E-state index contributed by atoms with van der Waals surface area (Å²) in [5.41, 5.74) is 4.95. The highest BCUT2D eigenvalue weighted by atomic mass is 32.8. The predicted molar refractivity (Wildman–Crippen MR) is 33.1 cm³/mol. The third-order valence-electron chi connectivity index (χ3n) is 0.481. The fourth-order valence-corrected chi connectivity index (χ4v) is 0.833. The normalized spacial score (nSPS) is 17.8. The lowest BCUT2D eigenvalue weighted by atomic mass is 10.8. The Labute approximate surface area is 52.4 Å². The van der Waals surface area contributed by atoms with Gasteiger partial charge in [-0.15, -0.1) is 4.33 Å². The highest BCUT2D eigenvalue weighted by molar-refractivity contribution is 8.30. The van der Waals surface area contributed by atoms with Crippen molar-refractivity contribution in [3.63, 3.8) is 0 Å². The van der Waals surface area contributed by atoms with E-state index in [9.17, 15) is 4.21 Å². The largest absolute Gasteiger partial charge is 0.329 e. The summed E-state index contributed by atoms with van der Waals surface area (Å²) in [4.78, 5) is 0. The first-order valence-corrected chi connectivity index (χ1v) is 4.46. The van der Waals surface area contributed by atoms with Gasteiger partial charge in [0.25, 0.3) is 0 Å². The van der Waals surface area contributed by atoms with Gasteiger partial charge in [0.15, 0.2) is 8.77 Å². The molecule has 1 atom stereocenters. The molecular weight excluding hydrogens is 150 g/mol. The third kappa shape index (κ3) is 3.28. The van der Waals surface area contributed by atoms with E-state index in [4.69, 9.17) is 11.0 Å². The molecule has 0 spiro atoms. The van der Waals surface area contributed by atoms with E-state index >= 15 is 0 Å². The van der Waals surface area contributed by atoms with Gasteiger partial charge in [0, 0.05) is 17.7 Å². The molecule has 0 saturated carbocycles. The third-order valence-corrected chi connectivity index (χ3v) is 2.13. The Bertz CT molecular complexity index is 139. The molecule has 0 bridgehead atoms. The molecule has 0 aromatic heterocycles. The van der Waals surface area contributed by atoms with Crippen LogP contribution in [0.2, 0.25) is 0 Å². The Morgan fingerprint density at radius 1 is 1.88 bits per heavy atom. The number of nitrogens with two attached hydrogens (primary N) is 1. The van der Waals surface area contributed by atoms with Gasteiger partial charge in [-0.1, -0.05) is 0 Å². The van der Waals surface area contributed by atoms with E-state index < -0.39 is 8.77 Å². The van der Waals surface area contributed by atoms with Crippen molar-refractivity contribution in [1.29, 1.82) is 0 Å². The first kappa shape index (κ1) is 8.25. The molecule has 0 aliphatic heterocycles. The van der Waals surface area contributed by atoms with E-state index in [1.165, 1.54) is 0 Å². The molecule has 8 heavy (non-hydrogen) atoms. The van der Waals surface area contributed by atoms with Gasteiger partial charge in [0.1, 0.15) is 0 Å². The van der Waals surface area contributed by atoms with Crippen LogP contribution in [0.4, 0.5) is 0 Å². The summed E-state index contributed by atoms with van der Waals surface area (Å²) < 4.78 is 13.9. The van der Waals surface area contributed by atoms with Crippen molar-refractivity contribution in [2.45, 2.75) is 0 Å². The van der Waals surface area contributed by atoms with Gasteiger partial charge in [0.05, 0.1) is 5.75 Å². The van der Waals surface area contributed by atoms with Gasteiger partial charge in [-0.25, -0.2) is 9.47 Å². The highest BCUT2D eigenvalue weighted by Gasteiger charge is 2.01. The minimum Gasteiger partial charge on any atom is -0.329 e. The van der Waals surface area contributed by atoms with Crippen LogP contribution in [0.1, 0.15) is 0 Å². The van der Waals surface area contributed by atoms with Crippen molar-refractivity contribution in [2.75, 3.05) is 12.3 Å². The molecule has 0 fully saturated rings. The molecule has 50 valence electrons. The maximum absolute atomic E-state index is 10.4. The smallest absolute Gasteiger partial charge is 0.174 e. The molecule has 0 aromatic rings. The molecule has 1 unspecified atom stereocenters. The van der Waals surface area contributed by atoms with Crippen LogP contribution in [0.3, 0.4) is 0 Å². The molecule has 6 heteroatoms. The second-order valence-corrected chi connectivity index (χ2v) is 4.32. The van der Waals surface area contributed by atoms with Gasteiger partial charge in [-0.05, 0) is 0 Å². The summed E-state index contributed by atoms with van der Waals surface area (Å²) in [6.45, 7) is 0.156. The highest BCUT2D eigenvalue weighted by Crippen LogP contribution is 1.86. The first-order valence-electron chi connectivity index (χ1n) is 1.88. The summed E-state index contributed by atoms with van der Waals surface area (Å²) >= 11 is 4.22. The van der Waals surface area contributed by atoms with Crippen molar-refractivity contribution in [3.8, 4) is 0 Å². The SMILES string of the molecule is NCCS(=O)(=S)OO. The zero-order chi connectivity index (χ0) is 6.62. The molecule has 0 saturated heterocycles. The molecule has 0 heterocycles. The standard InChI is InChI=1S/C2H7NO3S2/c3-1-2-8(5,7)6-4/h4H,1-3H2. The van der Waals surface area contributed by atoms with Crippen LogP contribution in [0.15, 0.2) is 0 Å². The van der Waals surface area contributed by atoms with Crippen molar-refractivity contribution in [3.05, 3.63) is 0 Å². The lowest BCUT2D eigenvalue weighted by Crippen LogP contribution is -2.15. The zero-order valence-electron chi connectivity index (χ0n) is 4.07. The van der Waals surface area contributed by atoms with Crippen LogP contribution < -0.4 is 5.73 Å². The van der Waals surface area contributed by atoms with Gasteiger partial charge in [-0.2, -0.15) is 0 Å². The Kier molecular flexibility index (Phi) is 3.41. The lowest BCUT2D eigenvalue weighted by molar-refractivity contribution is -0.124. The van der Waals surface area contributed by atoms with Crippen molar-refractivity contribution in [2.24, 2.45) is 5.73 Å². The number of hydrogen-bond donors (Lipinski definition) is 2. The van der Waals surface area contributed by atoms with Crippen LogP contribution in [0.25, 0.3) is 0 Å². The number of rotatable bonds is 3. The van der Waals surface area contributed by atoms with Gasteiger partial charge < -0.3 is 5.73 Å². The molecule has 0 rings (SSSR count). The van der Waals surface area contributed by atoms with Crippen LogP contribution in [-0.4, -0.2) is 21.8 Å². The maximum Gasteiger partial charge on any atom is 0.174 e. The minimum atomic E-state index is -2.91. The first-order chi connectivity index (χ1) is 3.62. The molecule has 0 aliphatic carbocycles. The summed E-state index contributed by atoms with van der Waals surface area (Å²) in [7, 11) is -2.91. The summed E-state index contributed by atoms with van der Waals surface area (Å²) in [5, 5.41) is 7.79. The summed E-state index contributed by atoms with van der Waals surface area (Å²) in [6, 6.07) is 0. The molecule has 0 radical (unpaired) electrons. The average molecular weight is 157 g/mol.